The van der Waals surface area contributed by atoms with Crippen molar-refractivity contribution in [2.75, 3.05) is 6.54 Å². The first-order valence-electron chi connectivity index (χ1n) is 10.3. The number of carboxylic acid groups (broad SMARTS) is 3. The molecule has 2 heterocycles. The van der Waals surface area contributed by atoms with Crippen LogP contribution in [0.4, 0.5) is 4.79 Å². The molecule has 13 nitrogen and oxygen atoms in total. The zero-order valence-corrected chi connectivity index (χ0v) is 18.3. The summed E-state index contributed by atoms with van der Waals surface area (Å²) in [5.41, 5.74) is 0.601. The van der Waals surface area contributed by atoms with E-state index in [4.69, 9.17) is 10.2 Å². The van der Waals surface area contributed by atoms with Crippen LogP contribution in [0.15, 0.2) is 94.0 Å². The fraction of sp³-hybridized carbons (Fsp3) is 0.182. The van der Waals surface area contributed by atoms with Crippen LogP contribution >= 0.6 is 0 Å². The summed E-state index contributed by atoms with van der Waals surface area (Å²) in [6, 6.07) is 11.0. The minimum atomic E-state index is -1.25. The highest BCUT2D eigenvalue weighted by molar-refractivity contribution is 5.98. The van der Waals surface area contributed by atoms with Crippen molar-refractivity contribution in [3.05, 3.63) is 84.5 Å². The molecule has 180 valence electrons. The summed E-state index contributed by atoms with van der Waals surface area (Å²) in [5.74, 6) is -1.96. The van der Waals surface area contributed by atoms with E-state index in [1.54, 1.807) is 53.4 Å². The number of benzene rings is 1. The molecule has 0 aliphatic carbocycles. The van der Waals surface area contributed by atoms with Gasteiger partial charge in [0.15, 0.2) is 0 Å². The number of aryl methyl sites for hydroxylation is 1. The van der Waals surface area contributed by atoms with Gasteiger partial charge in [-0.1, -0.05) is 30.3 Å². The minimum Gasteiger partial charge on any atom is -0.481 e. The first-order valence-corrected chi connectivity index (χ1v) is 10.3. The summed E-state index contributed by atoms with van der Waals surface area (Å²) in [7, 11) is 0. The lowest BCUT2D eigenvalue weighted by molar-refractivity contribution is -0.707. The van der Waals surface area contributed by atoms with Crippen LogP contribution in [-0.4, -0.2) is 54.9 Å². The van der Waals surface area contributed by atoms with Gasteiger partial charge in [0, 0.05) is 24.5 Å². The summed E-state index contributed by atoms with van der Waals surface area (Å²) in [5, 5.41) is 44.2. The maximum atomic E-state index is 11.7. The lowest BCUT2D eigenvalue weighted by Gasteiger charge is -2.05. The Hall–Kier alpha value is -4.94. The van der Waals surface area contributed by atoms with Crippen LogP contribution < -0.4 is 9.92 Å². The van der Waals surface area contributed by atoms with E-state index in [-0.39, 0.29) is 18.8 Å². The Kier molecular flexibility index (Phi) is 8.32. The number of hydrogen-bond acceptors (Lipinski definition) is 6. The van der Waals surface area contributed by atoms with Gasteiger partial charge in [-0.3, -0.25) is 4.79 Å². The van der Waals surface area contributed by atoms with Crippen molar-refractivity contribution in [1.82, 2.24) is 9.13 Å². The van der Waals surface area contributed by atoms with Gasteiger partial charge < -0.3 is 19.9 Å². The molecule has 0 bridgehead atoms. The third-order valence-electron chi connectivity index (χ3n) is 4.69. The number of nitrogens with zero attached hydrogens (tertiary/aromatic N) is 7. The number of rotatable bonds is 9. The quantitative estimate of drug-likeness (QED) is 0.138. The Bertz CT molecular complexity index is 1310. The Labute approximate surface area is 198 Å². The van der Waals surface area contributed by atoms with E-state index in [1.165, 1.54) is 17.0 Å². The maximum absolute atomic E-state index is 11.7. The molecular formula is C22H22N7O6+. The summed E-state index contributed by atoms with van der Waals surface area (Å²) in [6.07, 6.45) is 5.78. The summed E-state index contributed by atoms with van der Waals surface area (Å²) in [4.78, 5) is 33.4. The first kappa shape index (κ1) is 24.7. The SMILES string of the molecule is O=C(O)CCn1ccc(=NN=C(N=NCC(C(=O)O)[n+]2ccn(C(=O)O)c2)c2ccccc2)cc1. The van der Waals surface area contributed by atoms with Gasteiger partial charge in [0.05, 0.1) is 11.8 Å². The van der Waals surface area contributed by atoms with E-state index in [0.717, 1.165) is 10.9 Å². The van der Waals surface area contributed by atoms with Crippen molar-refractivity contribution in [2.45, 2.75) is 19.0 Å². The number of imidazole rings is 1. The zero-order valence-electron chi connectivity index (χ0n) is 18.3. The zero-order chi connectivity index (χ0) is 25.2. The lowest BCUT2D eigenvalue weighted by Crippen LogP contribution is -2.44. The highest BCUT2D eigenvalue weighted by Gasteiger charge is 2.26. The first-order chi connectivity index (χ1) is 16.8. The van der Waals surface area contributed by atoms with Gasteiger partial charge in [-0.15, -0.1) is 19.9 Å². The van der Waals surface area contributed by atoms with Crippen molar-refractivity contribution < 1.29 is 34.3 Å². The standard InChI is InChI=1S/C22H21N7O6/c30-19(31)8-11-27-9-6-17(7-10-27)24-26-20(16-4-2-1-3-5-16)25-23-14-18(21(32)33)28-12-13-29(15-28)22(34)35/h1-7,9-10,12-13,15,18H,8,11,14H2,(H2-,30,31,32,33,34,35)/p+1. The number of carboxylic acids is 2. The molecule has 3 rings (SSSR count). The number of hydrogen-bond donors (Lipinski definition) is 3. The van der Waals surface area contributed by atoms with Gasteiger partial charge >= 0.3 is 18.0 Å². The van der Waals surface area contributed by atoms with E-state index in [1.807, 2.05) is 6.07 Å². The van der Waals surface area contributed by atoms with Crippen molar-refractivity contribution >= 4 is 23.9 Å². The predicted molar refractivity (Wildman–Crippen MR) is 120 cm³/mol. The summed E-state index contributed by atoms with van der Waals surface area (Å²) >= 11 is 0. The van der Waals surface area contributed by atoms with E-state index in [9.17, 15) is 19.5 Å². The maximum Gasteiger partial charge on any atom is 0.509 e. The number of amidine groups is 1. The molecule has 2 aromatic heterocycles. The molecule has 0 saturated carbocycles. The Morgan fingerprint density at radius 1 is 0.971 bits per heavy atom. The average molecular weight is 480 g/mol. The lowest BCUT2D eigenvalue weighted by atomic mass is 10.2. The van der Waals surface area contributed by atoms with Crippen LogP contribution in [-0.2, 0) is 16.1 Å². The predicted octanol–water partition coefficient (Wildman–Crippen LogP) is 1.62. The molecule has 1 unspecified atom stereocenters. The number of carbonyl (C=O) groups is 3. The van der Waals surface area contributed by atoms with Gasteiger partial charge in [0.2, 0.25) is 11.9 Å². The molecule has 0 radical (unpaired) electrons. The summed E-state index contributed by atoms with van der Waals surface area (Å²) < 4.78 is 3.74. The van der Waals surface area contributed by atoms with Gasteiger partial charge in [-0.05, 0) is 12.1 Å². The molecule has 0 aliphatic heterocycles. The summed E-state index contributed by atoms with van der Waals surface area (Å²) in [6.45, 7) is 0.0470. The smallest absolute Gasteiger partial charge is 0.481 e. The molecule has 0 spiro atoms. The van der Waals surface area contributed by atoms with Crippen LogP contribution in [0.2, 0.25) is 0 Å². The molecular weight excluding hydrogens is 458 g/mol. The van der Waals surface area contributed by atoms with Crippen LogP contribution in [0.25, 0.3) is 0 Å². The molecule has 35 heavy (non-hydrogen) atoms. The second kappa shape index (κ2) is 11.8. The topological polar surface area (TPSA) is 175 Å². The molecule has 1 aromatic carbocycles. The number of azo groups is 1. The van der Waals surface area contributed by atoms with Crippen molar-refractivity contribution in [1.29, 1.82) is 0 Å². The van der Waals surface area contributed by atoms with Crippen molar-refractivity contribution in [3.63, 3.8) is 0 Å². The molecule has 0 amide bonds. The van der Waals surface area contributed by atoms with Gasteiger partial charge in [-0.2, -0.15) is 9.91 Å². The van der Waals surface area contributed by atoms with Crippen molar-refractivity contribution in [2.24, 2.45) is 20.4 Å². The van der Waals surface area contributed by atoms with Crippen LogP contribution in [0, 0.1) is 0 Å². The molecule has 0 aliphatic rings. The van der Waals surface area contributed by atoms with Gasteiger partial charge in [0.25, 0.3) is 6.33 Å². The monoisotopic (exact) mass is 480 g/mol. The number of aliphatic carboxylic acids is 2. The Morgan fingerprint density at radius 2 is 1.69 bits per heavy atom. The number of aromatic nitrogens is 3. The normalized spacial score (nSPS) is 12.4. The molecule has 0 saturated heterocycles. The molecule has 1 atom stereocenters. The molecule has 0 fully saturated rings. The second-order valence-electron chi connectivity index (χ2n) is 7.16. The molecule has 3 N–H and O–H groups in total. The van der Waals surface area contributed by atoms with Gasteiger partial charge in [-0.25, -0.2) is 9.36 Å². The minimum absolute atomic E-state index is 0.00545. The van der Waals surface area contributed by atoms with E-state index < -0.39 is 24.1 Å². The fourth-order valence-corrected chi connectivity index (χ4v) is 2.87. The average Bonchev–Trinajstić information content (AvgIpc) is 3.33. The Morgan fingerprint density at radius 3 is 2.29 bits per heavy atom. The van der Waals surface area contributed by atoms with E-state index in [2.05, 4.69) is 20.4 Å². The molecule has 13 heteroatoms. The van der Waals surface area contributed by atoms with Gasteiger partial charge in [0.1, 0.15) is 18.9 Å². The van der Waals surface area contributed by atoms with Crippen LogP contribution in [0.3, 0.4) is 0 Å². The highest BCUT2D eigenvalue weighted by atomic mass is 16.4. The second-order valence-corrected chi connectivity index (χ2v) is 7.16. The van der Waals surface area contributed by atoms with E-state index >= 15 is 0 Å². The van der Waals surface area contributed by atoms with Crippen LogP contribution in [0.5, 0.6) is 0 Å². The van der Waals surface area contributed by atoms with Crippen LogP contribution in [0.1, 0.15) is 18.0 Å². The third-order valence-corrected chi connectivity index (χ3v) is 4.69. The molecule has 3 aromatic rings. The fourth-order valence-electron chi connectivity index (χ4n) is 2.87. The van der Waals surface area contributed by atoms with Crippen molar-refractivity contribution in [3.8, 4) is 0 Å². The highest BCUT2D eigenvalue weighted by Crippen LogP contribution is 2.06. The third kappa shape index (κ3) is 7.28. The van der Waals surface area contributed by atoms with E-state index in [0.29, 0.717) is 17.5 Å². The largest absolute Gasteiger partial charge is 0.509 e. The number of pyridine rings is 1. The Balaban J connectivity index is 1.82.